The summed E-state index contributed by atoms with van der Waals surface area (Å²) in [5, 5.41) is 6.69. The zero-order valence-corrected chi connectivity index (χ0v) is 18.1. The Labute approximate surface area is 179 Å². The van der Waals surface area contributed by atoms with Gasteiger partial charge >= 0.3 is 0 Å². The fourth-order valence-corrected chi connectivity index (χ4v) is 3.49. The number of hydrogen-bond donors (Lipinski definition) is 2. The van der Waals surface area contributed by atoms with Gasteiger partial charge in [-0.1, -0.05) is 12.8 Å². The van der Waals surface area contributed by atoms with Crippen LogP contribution in [0.4, 0.5) is 5.82 Å². The second-order valence-corrected chi connectivity index (χ2v) is 7.53. The lowest BCUT2D eigenvalue weighted by Crippen LogP contribution is -2.38. The van der Waals surface area contributed by atoms with Crippen molar-refractivity contribution >= 4 is 11.8 Å². The quantitative estimate of drug-likeness (QED) is 0.351. The van der Waals surface area contributed by atoms with Gasteiger partial charge in [-0.25, -0.2) is 9.98 Å². The molecular weight excluding hydrogens is 378 g/mol. The van der Waals surface area contributed by atoms with Crippen LogP contribution in [0.2, 0.25) is 0 Å². The van der Waals surface area contributed by atoms with E-state index < -0.39 is 0 Å². The topological polar surface area (TPSA) is 74.9 Å². The second-order valence-electron chi connectivity index (χ2n) is 7.53. The first-order valence-electron chi connectivity index (χ1n) is 11.2. The first-order chi connectivity index (χ1) is 14.8. The van der Waals surface area contributed by atoms with Crippen LogP contribution in [0.3, 0.4) is 0 Å². The van der Waals surface area contributed by atoms with Gasteiger partial charge in [-0.15, -0.1) is 0 Å². The third kappa shape index (κ3) is 7.71. The number of rotatable bonds is 10. The smallest absolute Gasteiger partial charge is 0.191 e. The highest BCUT2D eigenvalue weighted by atomic mass is 16.5. The molecule has 0 unspecified atom stereocenters. The number of pyridine rings is 1. The summed E-state index contributed by atoms with van der Waals surface area (Å²) in [6.07, 6.45) is 9.63. The lowest BCUT2D eigenvalue weighted by atomic mass is 10.2. The van der Waals surface area contributed by atoms with Crippen LogP contribution < -0.4 is 15.5 Å². The number of aliphatic imine (C=N–C) groups is 1. The molecule has 0 amide bonds. The van der Waals surface area contributed by atoms with Crippen LogP contribution in [-0.2, 0) is 17.9 Å². The standard InChI is InChI=1S/C23H35N5O2/c1-2-24-23(26-11-8-15-29-19-21-9-7-16-30-21)27-18-20-10-12-25-22(17-20)28-13-5-3-4-6-14-28/h7,9-10,12,16-17H,2-6,8,11,13-15,18-19H2,1H3,(H2,24,26,27). The minimum Gasteiger partial charge on any atom is -0.467 e. The largest absolute Gasteiger partial charge is 0.467 e. The van der Waals surface area contributed by atoms with Crippen LogP contribution >= 0.6 is 0 Å². The predicted molar refractivity (Wildman–Crippen MR) is 121 cm³/mol. The van der Waals surface area contributed by atoms with E-state index >= 15 is 0 Å². The Bertz CT molecular complexity index is 740. The van der Waals surface area contributed by atoms with E-state index in [0.717, 1.165) is 50.1 Å². The maximum Gasteiger partial charge on any atom is 0.191 e. The number of guanidine groups is 1. The lowest BCUT2D eigenvalue weighted by molar-refractivity contribution is 0.105. The molecule has 7 nitrogen and oxygen atoms in total. The Balaban J connectivity index is 1.43. The summed E-state index contributed by atoms with van der Waals surface area (Å²) >= 11 is 0. The summed E-state index contributed by atoms with van der Waals surface area (Å²) in [6, 6.07) is 8.03. The van der Waals surface area contributed by atoms with E-state index in [2.05, 4.69) is 39.6 Å². The van der Waals surface area contributed by atoms with E-state index in [1.54, 1.807) is 6.26 Å². The lowest BCUT2D eigenvalue weighted by Gasteiger charge is -2.21. The summed E-state index contributed by atoms with van der Waals surface area (Å²) < 4.78 is 10.9. The van der Waals surface area contributed by atoms with Crippen molar-refractivity contribution in [3.05, 3.63) is 48.0 Å². The van der Waals surface area contributed by atoms with E-state index in [9.17, 15) is 0 Å². The monoisotopic (exact) mass is 413 g/mol. The minimum atomic E-state index is 0.516. The minimum absolute atomic E-state index is 0.516. The van der Waals surface area contributed by atoms with E-state index in [4.69, 9.17) is 14.1 Å². The van der Waals surface area contributed by atoms with E-state index in [0.29, 0.717) is 19.8 Å². The maximum absolute atomic E-state index is 5.62. The van der Waals surface area contributed by atoms with Crippen molar-refractivity contribution in [2.24, 2.45) is 4.99 Å². The Morgan fingerprint density at radius 3 is 2.83 bits per heavy atom. The van der Waals surface area contributed by atoms with Gasteiger partial charge in [-0.2, -0.15) is 0 Å². The van der Waals surface area contributed by atoms with Crippen LogP contribution in [0.15, 0.2) is 46.1 Å². The normalized spacial score (nSPS) is 15.1. The van der Waals surface area contributed by atoms with Crippen LogP contribution in [0.25, 0.3) is 0 Å². The average Bonchev–Trinajstić information content (AvgIpc) is 3.14. The van der Waals surface area contributed by atoms with E-state index in [-0.39, 0.29) is 0 Å². The van der Waals surface area contributed by atoms with Gasteiger partial charge in [0.1, 0.15) is 18.2 Å². The Morgan fingerprint density at radius 2 is 2.07 bits per heavy atom. The number of anilines is 1. The fourth-order valence-electron chi connectivity index (χ4n) is 3.49. The molecule has 0 atom stereocenters. The highest BCUT2D eigenvalue weighted by molar-refractivity contribution is 5.79. The van der Waals surface area contributed by atoms with Crippen LogP contribution in [-0.4, -0.2) is 43.7 Å². The van der Waals surface area contributed by atoms with Gasteiger partial charge in [-0.05, 0) is 56.0 Å². The number of hydrogen-bond acceptors (Lipinski definition) is 5. The van der Waals surface area contributed by atoms with Crippen LogP contribution in [0.1, 0.15) is 50.4 Å². The molecule has 1 aliphatic heterocycles. The van der Waals surface area contributed by atoms with Crippen LogP contribution in [0.5, 0.6) is 0 Å². The molecule has 0 aliphatic carbocycles. The van der Waals surface area contributed by atoms with Crippen molar-refractivity contribution in [1.82, 2.24) is 15.6 Å². The molecule has 0 saturated carbocycles. The van der Waals surface area contributed by atoms with Gasteiger partial charge in [0.25, 0.3) is 0 Å². The summed E-state index contributed by atoms with van der Waals surface area (Å²) in [7, 11) is 0. The molecule has 3 heterocycles. The average molecular weight is 414 g/mol. The molecule has 7 heteroatoms. The third-order valence-corrected chi connectivity index (χ3v) is 5.09. The molecule has 0 bridgehead atoms. The van der Waals surface area contributed by atoms with Crippen molar-refractivity contribution in [3.8, 4) is 0 Å². The molecule has 2 aromatic rings. The molecule has 164 valence electrons. The Kier molecular flexibility index (Phi) is 9.53. The fraction of sp³-hybridized carbons (Fsp3) is 0.565. The number of aromatic nitrogens is 1. The molecule has 0 aromatic carbocycles. The van der Waals surface area contributed by atoms with Gasteiger partial charge < -0.3 is 24.7 Å². The van der Waals surface area contributed by atoms with Crippen molar-refractivity contribution < 1.29 is 9.15 Å². The zero-order valence-electron chi connectivity index (χ0n) is 18.1. The number of nitrogens with one attached hydrogen (secondary N) is 2. The molecule has 2 N–H and O–H groups in total. The molecule has 30 heavy (non-hydrogen) atoms. The van der Waals surface area contributed by atoms with Gasteiger partial charge in [0.2, 0.25) is 0 Å². The molecule has 0 radical (unpaired) electrons. The van der Waals surface area contributed by atoms with Crippen molar-refractivity contribution in [3.63, 3.8) is 0 Å². The first-order valence-corrected chi connectivity index (χ1v) is 11.2. The maximum atomic E-state index is 5.62. The SMILES string of the molecule is CCNC(=NCc1ccnc(N2CCCCCC2)c1)NCCCOCc1ccco1. The second kappa shape index (κ2) is 12.9. The van der Waals surface area contributed by atoms with E-state index in [1.807, 2.05) is 18.3 Å². The van der Waals surface area contributed by atoms with Gasteiger partial charge in [-0.3, -0.25) is 0 Å². The van der Waals surface area contributed by atoms with E-state index in [1.165, 1.54) is 31.2 Å². The highest BCUT2D eigenvalue weighted by Crippen LogP contribution is 2.18. The van der Waals surface area contributed by atoms with Crippen molar-refractivity contribution in [2.45, 2.75) is 52.2 Å². The molecule has 3 rings (SSSR count). The van der Waals surface area contributed by atoms with Crippen molar-refractivity contribution in [1.29, 1.82) is 0 Å². The molecule has 1 aliphatic rings. The number of nitrogens with zero attached hydrogens (tertiary/aromatic N) is 3. The number of furan rings is 1. The molecule has 1 saturated heterocycles. The molecule has 2 aromatic heterocycles. The van der Waals surface area contributed by atoms with Crippen molar-refractivity contribution in [2.75, 3.05) is 37.7 Å². The molecule has 1 fully saturated rings. The van der Waals surface area contributed by atoms with Crippen LogP contribution in [0, 0.1) is 0 Å². The summed E-state index contributed by atoms with van der Waals surface area (Å²) in [5.74, 6) is 2.77. The Morgan fingerprint density at radius 1 is 1.20 bits per heavy atom. The Hall–Kier alpha value is -2.54. The summed E-state index contributed by atoms with van der Waals surface area (Å²) in [5.41, 5.74) is 1.18. The van der Waals surface area contributed by atoms with Gasteiger partial charge in [0.05, 0.1) is 12.8 Å². The molecule has 0 spiro atoms. The zero-order chi connectivity index (χ0) is 20.9. The molecular formula is C23H35N5O2. The summed E-state index contributed by atoms with van der Waals surface area (Å²) in [6.45, 7) is 7.74. The van der Waals surface area contributed by atoms with Gasteiger partial charge in [0.15, 0.2) is 5.96 Å². The number of ether oxygens (including phenoxy) is 1. The first kappa shape index (κ1) is 22.2. The third-order valence-electron chi connectivity index (χ3n) is 5.09. The highest BCUT2D eigenvalue weighted by Gasteiger charge is 2.11. The predicted octanol–water partition coefficient (Wildman–Crippen LogP) is 3.72. The van der Waals surface area contributed by atoms with Gasteiger partial charge in [0, 0.05) is 39.0 Å². The summed E-state index contributed by atoms with van der Waals surface area (Å²) in [4.78, 5) is 11.7.